The molecule has 0 aliphatic carbocycles. The molecule has 0 unspecified atom stereocenters. The van der Waals surface area contributed by atoms with Crippen LogP contribution in [0.25, 0.3) is 6.08 Å². The summed E-state index contributed by atoms with van der Waals surface area (Å²) >= 11 is 1.69. The normalized spacial score (nSPS) is 10.7. The van der Waals surface area contributed by atoms with Crippen LogP contribution in [-0.2, 0) is 11.2 Å². The molecule has 0 saturated heterocycles. The summed E-state index contributed by atoms with van der Waals surface area (Å²) in [6.45, 7) is 0.529. The maximum atomic E-state index is 10.6. The van der Waals surface area contributed by atoms with E-state index in [2.05, 4.69) is 6.07 Å². The molecule has 1 aromatic heterocycles. The van der Waals surface area contributed by atoms with Crippen LogP contribution in [0.15, 0.2) is 41.8 Å². The summed E-state index contributed by atoms with van der Waals surface area (Å²) in [6.07, 6.45) is 3.42. The molecule has 0 atom stereocenters. The van der Waals surface area contributed by atoms with Crippen LogP contribution >= 0.6 is 11.3 Å². The van der Waals surface area contributed by atoms with Gasteiger partial charge in [0.05, 0.1) is 13.7 Å². The second-order valence-electron chi connectivity index (χ2n) is 4.25. The maximum absolute atomic E-state index is 10.6. The summed E-state index contributed by atoms with van der Waals surface area (Å²) in [5.41, 5.74) is 0.712. The SMILES string of the molecule is COc1ccc(C=CC(=O)O)c(OCCc2cccs2)c1. The molecule has 2 aromatic rings. The molecule has 0 spiro atoms. The van der Waals surface area contributed by atoms with Gasteiger partial charge in [-0.1, -0.05) is 6.07 Å². The van der Waals surface area contributed by atoms with Gasteiger partial charge in [-0.05, 0) is 29.7 Å². The zero-order valence-electron chi connectivity index (χ0n) is 11.6. The van der Waals surface area contributed by atoms with E-state index in [1.807, 2.05) is 11.4 Å². The van der Waals surface area contributed by atoms with E-state index in [0.29, 0.717) is 23.7 Å². The first kappa shape index (κ1) is 15.1. The van der Waals surface area contributed by atoms with E-state index < -0.39 is 5.97 Å². The lowest BCUT2D eigenvalue weighted by atomic mass is 10.1. The second-order valence-corrected chi connectivity index (χ2v) is 5.29. The Bertz CT molecular complexity index is 617. The van der Waals surface area contributed by atoms with Crippen molar-refractivity contribution in [1.82, 2.24) is 0 Å². The van der Waals surface area contributed by atoms with Crippen LogP contribution in [0.4, 0.5) is 0 Å². The lowest BCUT2D eigenvalue weighted by Gasteiger charge is -2.10. The van der Waals surface area contributed by atoms with Crippen molar-refractivity contribution in [2.75, 3.05) is 13.7 Å². The quantitative estimate of drug-likeness (QED) is 0.796. The third kappa shape index (κ3) is 4.65. The van der Waals surface area contributed by atoms with Crippen molar-refractivity contribution < 1.29 is 19.4 Å². The van der Waals surface area contributed by atoms with Crippen molar-refractivity contribution in [1.29, 1.82) is 0 Å². The second kappa shape index (κ2) is 7.50. The number of carbonyl (C=O) groups is 1. The number of rotatable bonds is 7. The van der Waals surface area contributed by atoms with E-state index in [9.17, 15) is 4.79 Å². The molecule has 21 heavy (non-hydrogen) atoms. The molecule has 0 saturated carbocycles. The Morgan fingerprint density at radius 1 is 1.38 bits per heavy atom. The van der Waals surface area contributed by atoms with Crippen molar-refractivity contribution in [2.45, 2.75) is 6.42 Å². The lowest BCUT2D eigenvalue weighted by molar-refractivity contribution is -0.131. The Balaban J connectivity index is 2.08. The first-order chi connectivity index (χ1) is 10.2. The summed E-state index contributed by atoms with van der Waals surface area (Å²) in [5.74, 6) is 0.298. The van der Waals surface area contributed by atoms with Crippen molar-refractivity contribution in [3.8, 4) is 11.5 Å². The zero-order chi connectivity index (χ0) is 15.1. The number of hydrogen-bond donors (Lipinski definition) is 1. The Kier molecular flexibility index (Phi) is 5.40. The van der Waals surface area contributed by atoms with Crippen LogP contribution in [0.5, 0.6) is 11.5 Å². The average molecular weight is 304 g/mol. The molecule has 1 N–H and O–H groups in total. The first-order valence-corrected chi connectivity index (χ1v) is 7.31. The Hall–Kier alpha value is -2.27. The summed E-state index contributed by atoms with van der Waals surface area (Å²) < 4.78 is 10.9. The van der Waals surface area contributed by atoms with E-state index in [1.165, 1.54) is 11.0 Å². The fraction of sp³-hybridized carbons (Fsp3) is 0.188. The molecular formula is C16H16O4S. The molecule has 4 nitrogen and oxygen atoms in total. The molecular weight excluding hydrogens is 288 g/mol. The van der Waals surface area contributed by atoms with Gasteiger partial charge in [-0.15, -0.1) is 11.3 Å². The molecule has 0 aliphatic rings. The minimum absolute atomic E-state index is 0.529. The van der Waals surface area contributed by atoms with E-state index in [4.69, 9.17) is 14.6 Å². The Morgan fingerprint density at radius 3 is 2.90 bits per heavy atom. The van der Waals surface area contributed by atoms with E-state index in [0.717, 1.165) is 12.5 Å². The van der Waals surface area contributed by atoms with E-state index >= 15 is 0 Å². The van der Waals surface area contributed by atoms with Crippen LogP contribution < -0.4 is 9.47 Å². The number of carboxylic acid groups (broad SMARTS) is 1. The molecule has 5 heteroatoms. The Labute approximate surface area is 127 Å². The summed E-state index contributed by atoms with van der Waals surface area (Å²) in [5, 5.41) is 10.7. The Morgan fingerprint density at radius 2 is 2.24 bits per heavy atom. The molecule has 0 bridgehead atoms. The highest BCUT2D eigenvalue weighted by molar-refractivity contribution is 7.09. The van der Waals surface area contributed by atoms with Crippen molar-refractivity contribution in [3.63, 3.8) is 0 Å². The number of aliphatic carboxylic acids is 1. The van der Waals surface area contributed by atoms with E-state index in [-0.39, 0.29) is 0 Å². The van der Waals surface area contributed by atoms with Gasteiger partial charge < -0.3 is 14.6 Å². The number of carboxylic acids is 1. The molecule has 1 aromatic carbocycles. The molecule has 0 amide bonds. The summed E-state index contributed by atoms with van der Waals surface area (Å²) in [4.78, 5) is 11.9. The summed E-state index contributed by atoms with van der Waals surface area (Å²) in [6, 6.07) is 9.37. The molecule has 0 aliphatic heterocycles. The highest BCUT2D eigenvalue weighted by Gasteiger charge is 2.05. The lowest BCUT2D eigenvalue weighted by Crippen LogP contribution is -2.02. The van der Waals surface area contributed by atoms with Crippen molar-refractivity contribution >= 4 is 23.4 Å². The van der Waals surface area contributed by atoms with Gasteiger partial charge in [0.2, 0.25) is 0 Å². The van der Waals surface area contributed by atoms with Gasteiger partial charge in [0.25, 0.3) is 0 Å². The van der Waals surface area contributed by atoms with Gasteiger partial charge in [-0.2, -0.15) is 0 Å². The minimum Gasteiger partial charge on any atom is -0.497 e. The fourth-order valence-electron chi connectivity index (χ4n) is 1.78. The fourth-order valence-corrected chi connectivity index (χ4v) is 2.47. The number of hydrogen-bond acceptors (Lipinski definition) is 4. The molecule has 0 radical (unpaired) electrons. The zero-order valence-corrected chi connectivity index (χ0v) is 12.4. The monoisotopic (exact) mass is 304 g/mol. The van der Waals surface area contributed by atoms with Crippen LogP contribution in [-0.4, -0.2) is 24.8 Å². The number of thiophene rings is 1. The molecule has 110 valence electrons. The highest BCUT2D eigenvalue weighted by atomic mass is 32.1. The molecule has 2 rings (SSSR count). The third-order valence-electron chi connectivity index (χ3n) is 2.81. The van der Waals surface area contributed by atoms with Crippen molar-refractivity contribution in [3.05, 3.63) is 52.2 Å². The average Bonchev–Trinajstić information content (AvgIpc) is 2.99. The predicted octanol–water partition coefficient (Wildman–Crippen LogP) is 3.48. The van der Waals surface area contributed by atoms with Crippen LogP contribution in [0.2, 0.25) is 0 Å². The van der Waals surface area contributed by atoms with Gasteiger partial charge in [-0.3, -0.25) is 0 Å². The van der Waals surface area contributed by atoms with Crippen LogP contribution in [0, 0.1) is 0 Å². The van der Waals surface area contributed by atoms with Crippen LogP contribution in [0.1, 0.15) is 10.4 Å². The van der Waals surface area contributed by atoms with Gasteiger partial charge in [0.15, 0.2) is 0 Å². The number of methoxy groups -OCH3 is 1. The van der Waals surface area contributed by atoms with Gasteiger partial charge in [0.1, 0.15) is 11.5 Å². The number of benzene rings is 1. The summed E-state index contributed by atoms with van der Waals surface area (Å²) in [7, 11) is 1.58. The molecule has 1 heterocycles. The number of ether oxygens (including phenoxy) is 2. The largest absolute Gasteiger partial charge is 0.497 e. The van der Waals surface area contributed by atoms with E-state index in [1.54, 1.807) is 36.6 Å². The predicted molar refractivity (Wildman–Crippen MR) is 83.2 cm³/mol. The minimum atomic E-state index is -0.990. The van der Waals surface area contributed by atoms with Gasteiger partial charge in [0, 0.05) is 29.0 Å². The van der Waals surface area contributed by atoms with Crippen molar-refractivity contribution in [2.24, 2.45) is 0 Å². The topological polar surface area (TPSA) is 55.8 Å². The third-order valence-corrected chi connectivity index (χ3v) is 3.75. The van der Waals surface area contributed by atoms with Gasteiger partial charge >= 0.3 is 5.97 Å². The smallest absolute Gasteiger partial charge is 0.328 e. The van der Waals surface area contributed by atoms with Crippen LogP contribution in [0.3, 0.4) is 0 Å². The highest BCUT2D eigenvalue weighted by Crippen LogP contribution is 2.26. The maximum Gasteiger partial charge on any atom is 0.328 e. The van der Waals surface area contributed by atoms with Gasteiger partial charge in [-0.25, -0.2) is 4.79 Å². The molecule has 0 fully saturated rings. The first-order valence-electron chi connectivity index (χ1n) is 6.43. The standard InChI is InChI=1S/C16H16O4S/c1-19-13-6-4-12(5-7-16(17)18)15(11-13)20-9-8-14-3-2-10-21-14/h2-7,10-11H,8-9H2,1H3,(H,17,18).